The maximum absolute atomic E-state index is 5.73. The fourth-order valence-electron chi connectivity index (χ4n) is 1.66. The Balaban J connectivity index is 2.42. The van der Waals surface area contributed by atoms with Gasteiger partial charge in [0.15, 0.2) is 0 Å². The number of para-hydroxylation sites is 1. The molecule has 0 saturated carbocycles. The maximum atomic E-state index is 5.73. The van der Waals surface area contributed by atoms with Crippen molar-refractivity contribution in [2.45, 2.75) is 0 Å². The molecule has 0 unspecified atom stereocenters. The lowest BCUT2D eigenvalue weighted by Gasteiger charge is -2.21. The number of nitrogens with two attached hydrogens (primary N) is 1. The average Bonchev–Trinajstić information content (AvgIpc) is 2.39. The third-order valence-corrected chi connectivity index (χ3v) is 3.28. The van der Waals surface area contributed by atoms with Crippen molar-refractivity contribution in [1.82, 2.24) is 4.98 Å². The molecule has 1 heterocycles. The number of anilines is 2. The first kappa shape index (κ1) is 13.0. The number of hydrogen-bond donors (Lipinski definition) is 1. The fourth-order valence-corrected chi connectivity index (χ4v) is 2.07. The fraction of sp³-hybridized carbons (Fsp3) is 0.0769. The van der Waals surface area contributed by atoms with Gasteiger partial charge in [0.2, 0.25) is 0 Å². The Morgan fingerprint density at radius 3 is 2.61 bits per heavy atom. The quantitative estimate of drug-likeness (QED) is 0.881. The molecule has 0 atom stereocenters. The van der Waals surface area contributed by atoms with Crippen molar-refractivity contribution >= 4 is 44.6 Å². The normalized spacial score (nSPS) is 10.1. The van der Waals surface area contributed by atoms with E-state index in [9.17, 15) is 0 Å². The lowest BCUT2D eigenvalue weighted by molar-refractivity contribution is 1.12. The molecule has 0 spiro atoms. The maximum Gasteiger partial charge on any atom is 0.132 e. The van der Waals surface area contributed by atoms with Crippen molar-refractivity contribution in [2.75, 3.05) is 11.9 Å². The van der Waals surface area contributed by atoms with Gasteiger partial charge in [0.25, 0.3) is 0 Å². The van der Waals surface area contributed by atoms with E-state index in [1.807, 2.05) is 48.3 Å². The minimum Gasteiger partial charge on any atom is -0.389 e. The molecular formula is C13H12BrN3S. The zero-order chi connectivity index (χ0) is 13.1. The topological polar surface area (TPSA) is 42.2 Å². The molecule has 0 fully saturated rings. The summed E-state index contributed by atoms with van der Waals surface area (Å²) in [6.45, 7) is 0. The Morgan fingerprint density at radius 1 is 1.28 bits per heavy atom. The standard InChI is InChI=1S/C13H12BrN3S/c1-17(12-7-6-9(14)8-16-12)11-5-3-2-4-10(11)13(15)18/h2-8H,1H3,(H2,15,18). The van der Waals surface area contributed by atoms with Gasteiger partial charge in [-0.1, -0.05) is 24.4 Å². The van der Waals surface area contributed by atoms with Gasteiger partial charge in [0, 0.05) is 23.3 Å². The molecule has 0 aliphatic carbocycles. The van der Waals surface area contributed by atoms with Crippen LogP contribution in [0.25, 0.3) is 0 Å². The minimum atomic E-state index is 0.384. The van der Waals surface area contributed by atoms with Crippen LogP contribution in [0.5, 0.6) is 0 Å². The second kappa shape index (κ2) is 5.46. The van der Waals surface area contributed by atoms with Crippen LogP contribution in [0.3, 0.4) is 0 Å². The van der Waals surface area contributed by atoms with Crippen LogP contribution in [-0.2, 0) is 0 Å². The van der Waals surface area contributed by atoms with E-state index in [4.69, 9.17) is 18.0 Å². The smallest absolute Gasteiger partial charge is 0.132 e. The number of pyridine rings is 1. The van der Waals surface area contributed by atoms with Gasteiger partial charge in [-0.2, -0.15) is 0 Å². The predicted molar refractivity (Wildman–Crippen MR) is 82.3 cm³/mol. The Hall–Kier alpha value is -1.46. The summed E-state index contributed by atoms with van der Waals surface area (Å²) in [5, 5.41) is 0. The Morgan fingerprint density at radius 2 is 2.00 bits per heavy atom. The van der Waals surface area contributed by atoms with E-state index >= 15 is 0 Å². The van der Waals surface area contributed by atoms with Crippen LogP contribution in [0.1, 0.15) is 5.56 Å². The first-order valence-corrected chi connectivity index (χ1v) is 6.54. The summed E-state index contributed by atoms with van der Waals surface area (Å²) >= 11 is 8.43. The summed E-state index contributed by atoms with van der Waals surface area (Å²) in [7, 11) is 1.94. The molecule has 0 aliphatic heterocycles. The number of benzene rings is 1. The van der Waals surface area contributed by atoms with Crippen molar-refractivity contribution in [1.29, 1.82) is 0 Å². The molecule has 1 aromatic heterocycles. The second-order valence-electron chi connectivity index (χ2n) is 3.78. The lowest BCUT2D eigenvalue weighted by atomic mass is 10.1. The number of hydrogen-bond acceptors (Lipinski definition) is 3. The van der Waals surface area contributed by atoms with E-state index in [0.717, 1.165) is 21.5 Å². The van der Waals surface area contributed by atoms with Gasteiger partial charge >= 0.3 is 0 Å². The van der Waals surface area contributed by atoms with Gasteiger partial charge in [-0.05, 0) is 40.2 Å². The van der Waals surface area contributed by atoms with E-state index in [0.29, 0.717) is 4.99 Å². The van der Waals surface area contributed by atoms with Gasteiger partial charge in [-0.3, -0.25) is 0 Å². The molecule has 92 valence electrons. The molecule has 2 aromatic rings. The van der Waals surface area contributed by atoms with Crippen LogP contribution in [0.2, 0.25) is 0 Å². The number of aromatic nitrogens is 1. The van der Waals surface area contributed by atoms with Gasteiger partial charge in [0.05, 0.1) is 5.69 Å². The lowest BCUT2D eigenvalue weighted by Crippen LogP contribution is -2.18. The van der Waals surface area contributed by atoms with Crippen molar-refractivity contribution in [3.8, 4) is 0 Å². The van der Waals surface area contributed by atoms with Crippen molar-refractivity contribution in [2.24, 2.45) is 5.73 Å². The number of rotatable bonds is 3. The predicted octanol–water partition coefficient (Wildman–Crippen LogP) is 3.25. The SMILES string of the molecule is CN(c1ccc(Br)cn1)c1ccccc1C(N)=S. The van der Waals surface area contributed by atoms with Gasteiger partial charge in [-0.25, -0.2) is 4.98 Å². The molecule has 2 N–H and O–H groups in total. The first-order chi connectivity index (χ1) is 8.59. The highest BCUT2D eigenvalue weighted by Crippen LogP contribution is 2.26. The van der Waals surface area contributed by atoms with Crippen molar-refractivity contribution in [3.63, 3.8) is 0 Å². The first-order valence-electron chi connectivity index (χ1n) is 5.33. The van der Waals surface area contributed by atoms with E-state index in [1.54, 1.807) is 6.20 Å². The summed E-state index contributed by atoms with van der Waals surface area (Å²) in [6.07, 6.45) is 1.76. The molecule has 18 heavy (non-hydrogen) atoms. The zero-order valence-electron chi connectivity index (χ0n) is 9.80. The number of nitrogens with zero attached hydrogens (tertiary/aromatic N) is 2. The van der Waals surface area contributed by atoms with Crippen LogP contribution >= 0.6 is 28.1 Å². The third kappa shape index (κ3) is 2.68. The molecule has 5 heteroatoms. The highest BCUT2D eigenvalue weighted by molar-refractivity contribution is 9.10. The summed E-state index contributed by atoms with van der Waals surface area (Å²) in [5.74, 6) is 0.835. The Labute approximate surface area is 120 Å². The summed E-state index contributed by atoms with van der Waals surface area (Å²) in [4.78, 5) is 6.69. The monoisotopic (exact) mass is 321 g/mol. The summed E-state index contributed by atoms with van der Waals surface area (Å²) < 4.78 is 0.947. The van der Waals surface area contributed by atoms with Crippen molar-refractivity contribution < 1.29 is 0 Å². The van der Waals surface area contributed by atoms with Crippen molar-refractivity contribution in [3.05, 3.63) is 52.6 Å². The van der Waals surface area contributed by atoms with Crippen LogP contribution in [0, 0.1) is 0 Å². The Bertz CT molecular complexity index is 569. The van der Waals surface area contributed by atoms with Gasteiger partial charge in [0.1, 0.15) is 10.8 Å². The largest absolute Gasteiger partial charge is 0.389 e. The van der Waals surface area contributed by atoms with Crippen LogP contribution in [0.4, 0.5) is 11.5 Å². The molecule has 1 aromatic carbocycles. The van der Waals surface area contributed by atoms with Crippen LogP contribution in [0.15, 0.2) is 47.1 Å². The van der Waals surface area contributed by atoms with E-state index in [-0.39, 0.29) is 0 Å². The van der Waals surface area contributed by atoms with Crippen LogP contribution in [-0.4, -0.2) is 17.0 Å². The molecule has 0 amide bonds. The third-order valence-electron chi connectivity index (χ3n) is 2.59. The minimum absolute atomic E-state index is 0.384. The number of halogens is 1. The second-order valence-corrected chi connectivity index (χ2v) is 5.13. The highest BCUT2D eigenvalue weighted by atomic mass is 79.9. The molecule has 2 rings (SSSR count). The molecular weight excluding hydrogens is 310 g/mol. The van der Waals surface area contributed by atoms with E-state index < -0.39 is 0 Å². The van der Waals surface area contributed by atoms with Gasteiger partial charge in [-0.15, -0.1) is 0 Å². The molecule has 0 saturated heterocycles. The summed E-state index contributed by atoms with van der Waals surface area (Å²) in [5.41, 5.74) is 7.52. The number of thiocarbonyl (C=S) groups is 1. The average molecular weight is 322 g/mol. The summed E-state index contributed by atoms with van der Waals surface area (Å²) in [6, 6.07) is 11.6. The Kier molecular flexibility index (Phi) is 3.93. The van der Waals surface area contributed by atoms with E-state index in [2.05, 4.69) is 20.9 Å². The van der Waals surface area contributed by atoms with Crippen LogP contribution < -0.4 is 10.6 Å². The molecule has 0 bridgehead atoms. The van der Waals surface area contributed by atoms with Gasteiger partial charge < -0.3 is 10.6 Å². The molecule has 0 radical (unpaired) electrons. The highest BCUT2D eigenvalue weighted by Gasteiger charge is 2.11. The molecule has 3 nitrogen and oxygen atoms in total. The van der Waals surface area contributed by atoms with E-state index in [1.165, 1.54) is 0 Å². The zero-order valence-corrected chi connectivity index (χ0v) is 12.2. The molecule has 0 aliphatic rings.